The van der Waals surface area contributed by atoms with E-state index >= 15 is 0 Å². The van der Waals surface area contributed by atoms with Crippen LogP contribution in [-0.2, 0) is 16.1 Å². The number of thiophene rings is 1. The Labute approximate surface area is 130 Å². The molecule has 3 unspecified atom stereocenters. The number of rotatable bonds is 5. The highest BCUT2D eigenvalue weighted by Gasteiger charge is 2.43. The minimum atomic E-state index is -0.392. The maximum atomic E-state index is 12.8. The second-order valence-corrected chi connectivity index (χ2v) is 6.94. The van der Waals surface area contributed by atoms with E-state index in [9.17, 15) is 9.59 Å². The summed E-state index contributed by atoms with van der Waals surface area (Å²) in [6, 6.07) is 1.24. The van der Waals surface area contributed by atoms with Crippen molar-refractivity contribution in [1.29, 1.82) is 0 Å². The lowest BCUT2D eigenvalue weighted by Gasteiger charge is -2.42. The molecule has 2 rings (SSSR count). The molecule has 0 spiro atoms. The molecule has 1 N–H and O–H groups in total. The van der Waals surface area contributed by atoms with E-state index in [-0.39, 0.29) is 29.7 Å². The Balaban J connectivity index is 2.28. The van der Waals surface area contributed by atoms with E-state index in [2.05, 4.69) is 5.32 Å². The molecule has 0 aliphatic carbocycles. The van der Waals surface area contributed by atoms with E-state index in [1.54, 1.807) is 16.2 Å². The molecule has 4 nitrogen and oxygen atoms in total. The van der Waals surface area contributed by atoms with Crippen molar-refractivity contribution in [2.75, 3.05) is 0 Å². The minimum Gasteiger partial charge on any atom is -0.342 e. The van der Waals surface area contributed by atoms with Gasteiger partial charge in [-0.25, -0.2) is 0 Å². The van der Waals surface area contributed by atoms with Crippen LogP contribution in [0, 0.1) is 11.8 Å². The van der Waals surface area contributed by atoms with Gasteiger partial charge in [-0.2, -0.15) is 11.3 Å². The highest BCUT2D eigenvalue weighted by Crippen LogP contribution is 2.24. The van der Waals surface area contributed by atoms with Gasteiger partial charge in [0.1, 0.15) is 12.1 Å². The lowest BCUT2D eigenvalue weighted by atomic mass is 9.90. The Hall–Kier alpha value is -1.36. The van der Waals surface area contributed by atoms with Crippen molar-refractivity contribution in [3.63, 3.8) is 0 Å². The molecular weight excluding hydrogens is 284 g/mol. The largest absolute Gasteiger partial charge is 0.342 e. The van der Waals surface area contributed by atoms with Gasteiger partial charge < -0.3 is 10.2 Å². The Morgan fingerprint density at radius 1 is 1.33 bits per heavy atom. The number of amides is 2. The molecule has 1 aliphatic heterocycles. The third-order valence-corrected chi connectivity index (χ3v) is 4.96. The molecule has 2 amide bonds. The van der Waals surface area contributed by atoms with Crippen molar-refractivity contribution in [2.24, 2.45) is 11.8 Å². The van der Waals surface area contributed by atoms with E-state index in [0.29, 0.717) is 6.54 Å². The molecule has 21 heavy (non-hydrogen) atoms. The summed E-state index contributed by atoms with van der Waals surface area (Å²) in [5.41, 5.74) is 1.09. The summed E-state index contributed by atoms with van der Waals surface area (Å²) < 4.78 is 0. The van der Waals surface area contributed by atoms with Gasteiger partial charge in [-0.15, -0.1) is 0 Å². The van der Waals surface area contributed by atoms with Gasteiger partial charge >= 0.3 is 0 Å². The van der Waals surface area contributed by atoms with Crippen LogP contribution >= 0.6 is 11.3 Å². The third-order valence-electron chi connectivity index (χ3n) is 4.23. The number of carbonyl (C=O) groups excluding carboxylic acids is 2. The summed E-state index contributed by atoms with van der Waals surface area (Å²) >= 11 is 1.61. The van der Waals surface area contributed by atoms with Crippen molar-refractivity contribution in [3.8, 4) is 0 Å². The van der Waals surface area contributed by atoms with Crippen molar-refractivity contribution in [1.82, 2.24) is 10.2 Å². The molecule has 1 aliphatic rings. The summed E-state index contributed by atoms with van der Waals surface area (Å²) in [6.45, 7) is 8.55. The lowest BCUT2D eigenvalue weighted by molar-refractivity contribution is -0.153. The van der Waals surface area contributed by atoms with Gasteiger partial charge in [-0.05, 0) is 34.2 Å². The molecule has 1 aromatic rings. The van der Waals surface area contributed by atoms with Crippen LogP contribution < -0.4 is 5.32 Å². The molecule has 1 saturated heterocycles. The third kappa shape index (κ3) is 3.28. The summed E-state index contributed by atoms with van der Waals surface area (Å²) in [5, 5.41) is 6.97. The molecule has 3 atom stereocenters. The average molecular weight is 308 g/mol. The number of nitrogens with one attached hydrogen (secondary N) is 1. The van der Waals surface area contributed by atoms with E-state index in [1.807, 2.05) is 44.5 Å². The fourth-order valence-corrected chi connectivity index (χ4v) is 3.46. The monoisotopic (exact) mass is 308 g/mol. The summed E-state index contributed by atoms with van der Waals surface area (Å²) in [6.07, 6.45) is 0.870. The van der Waals surface area contributed by atoms with Gasteiger partial charge in [0.05, 0.1) is 0 Å². The van der Waals surface area contributed by atoms with Crippen LogP contribution in [0.3, 0.4) is 0 Å². The zero-order chi connectivity index (χ0) is 15.6. The number of hydrogen-bond donors (Lipinski definition) is 1. The van der Waals surface area contributed by atoms with Gasteiger partial charge in [0, 0.05) is 6.54 Å². The van der Waals surface area contributed by atoms with Gasteiger partial charge in [-0.1, -0.05) is 34.1 Å². The minimum absolute atomic E-state index is 0.0230. The first kappa shape index (κ1) is 16.0. The zero-order valence-electron chi connectivity index (χ0n) is 13.1. The number of piperazine rings is 1. The Morgan fingerprint density at radius 3 is 2.57 bits per heavy atom. The molecule has 0 radical (unpaired) electrons. The molecule has 0 bridgehead atoms. The smallest absolute Gasteiger partial charge is 0.246 e. The van der Waals surface area contributed by atoms with E-state index < -0.39 is 6.04 Å². The molecular formula is C16H24N2O2S. The van der Waals surface area contributed by atoms with Crippen LogP contribution in [-0.4, -0.2) is 28.8 Å². The Morgan fingerprint density at radius 2 is 2.05 bits per heavy atom. The predicted molar refractivity (Wildman–Crippen MR) is 84.9 cm³/mol. The van der Waals surface area contributed by atoms with Crippen molar-refractivity contribution < 1.29 is 9.59 Å². The second kappa shape index (κ2) is 6.60. The van der Waals surface area contributed by atoms with Crippen molar-refractivity contribution in [2.45, 2.75) is 52.7 Å². The standard InChI is InChI=1S/C16H24N2O2S/c1-5-11(4)13-16(20)18(8-12-6-7-21-9-12)14(10(2)3)15(19)17-13/h6-7,9-11,13-14H,5,8H2,1-4H3,(H,17,19). The fourth-order valence-electron chi connectivity index (χ4n) is 2.80. The van der Waals surface area contributed by atoms with Crippen LogP contribution in [0.5, 0.6) is 0 Å². The molecule has 116 valence electrons. The first-order chi connectivity index (χ1) is 9.95. The molecule has 0 saturated carbocycles. The van der Waals surface area contributed by atoms with Crippen LogP contribution in [0.4, 0.5) is 0 Å². The maximum Gasteiger partial charge on any atom is 0.246 e. The van der Waals surface area contributed by atoms with Crippen LogP contribution in [0.25, 0.3) is 0 Å². The summed E-state index contributed by atoms with van der Waals surface area (Å²) in [4.78, 5) is 27.0. The number of carbonyl (C=O) groups is 2. The van der Waals surface area contributed by atoms with Crippen LogP contribution in [0.1, 0.15) is 39.7 Å². The SMILES string of the molecule is CCC(C)C1NC(=O)C(C(C)C)N(Cc2ccsc2)C1=O. The summed E-state index contributed by atoms with van der Waals surface area (Å²) in [5.74, 6) is 0.281. The fraction of sp³-hybridized carbons (Fsp3) is 0.625. The van der Waals surface area contributed by atoms with Gasteiger partial charge in [0.15, 0.2) is 0 Å². The predicted octanol–water partition coefficient (Wildman–Crippen LogP) is 2.65. The molecule has 1 fully saturated rings. The second-order valence-electron chi connectivity index (χ2n) is 6.16. The quantitative estimate of drug-likeness (QED) is 0.909. The van der Waals surface area contributed by atoms with E-state index in [0.717, 1.165) is 12.0 Å². The van der Waals surface area contributed by atoms with Crippen molar-refractivity contribution in [3.05, 3.63) is 22.4 Å². The highest BCUT2D eigenvalue weighted by molar-refractivity contribution is 7.07. The normalized spacial score (nSPS) is 24.3. The van der Waals surface area contributed by atoms with E-state index in [1.165, 1.54) is 0 Å². The lowest BCUT2D eigenvalue weighted by Crippen LogP contribution is -2.65. The van der Waals surface area contributed by atoms with Gasteiger partial charge in [0.25, 0.3) is 0 Å². The first-order valence-electron chi connectivity index (χ1n) is 7.57. The van der Waals surface area contributed by atoms with Crippen molar-refractivity contribution >= 4 is 23.2 Å². The molecule has 0 aromatic carbocycles. The highest BCUT2D eigenvalue weighted by atomic mass is 32.1. The summed E-state index contributed by atoms with van der Waals surface area (Å²) in [7, 11) is 0. The Bertz CT molecular complexity index is 498. The topological polar surface area (TPSA) is 49.4 Å². The number of nitrogens with zero attached hydrogens (tertiary/aromatic N) is 1. The van der Waals surface area contributed by atoms with Gasteiger partial charge in [-0.3, -0.25) is 9.59 Å². The first-order valence-corrected chi connectivity index (χ1v) is 8.51. The molecule has 5 heteroatoms. The molecule has 2 heterocycles. The zero-order valence-corrected chi connectivity index (χ0v) is 13.9. The molecule has 1 aromatic heterocycles. The number of hydrogen-bond acceptors (Lipinski definition) is 3. The van der Waals surface area contributed by atoms with Crippen LogP contribution in [0.15, 0.2) is 16.8 Å². The van der Waals surface area contributed by atoms with Crippen LogP contribution in [0.2, 0.25) is 0 Å². The van der Waals surface area contributed by atoms with Gasteiger partial charge in [0.2, 0.25) is 11.8 Å². The average Bonchev–Trinajstić information content (AvgIpc) is 2.94. The van der Waals surface area contributed by atoms with E-state index in [4.69, 9.17) is 0 Å². The Kier molecular flexibility index (Phi) is 5.04. The maximum absolute atomic E-state index is 12.8.